The van der Waals surface area contributed by atoms with Crippen LogP contribution in [0.5, 0.6) is 0 Å². The van der Waals surface area contributed by atoms with Crippen molar-refractivity contribution in [3.63, 3.8) is 0 Å². The average Bonchev–Trinajstić information content (AvgIpc) is 2.15. The molecule has 0 bridgehead atoms. The molecule has 0 amide bonds. The molecule has 17 heavy (non-hydrogen) atoms. The average molecular weight is 299 g/mol. The van der Waals surface area contributed by atoms with Crippen LogP contribution in [-0.2, 0) is 16.0 Å². The summed E-state index contributed by atoms with van der Waals surface area (Å²) in [6, 6.07) is 7.81. The first-order chi connectivity index (χ1) is 7.84. The molecule has 0 radical (unpaired) electrons. The summed E-state index contributed by atoms with van der Waals surface area (Å²) in [7, 11) is 1.59. The maximum Gasteiger partial charge on any atom is 0.166 e. The molecular weight excluding hydrogens is 280 g/mol. The maximum absolute atomic E-state index is 12.2. The van der Waals surface area contributed by atoms with Gasteiger partial charge < -0.3 is 4.74 Å². The van der Waals surface area contributed by atoms with E-state index in [0.717, 1.165) is 10.0 Å². The number of methoxy groups -OCH3 is 1. The molecule has 1 aromatic carbocycles. The third kappa shape index (κ3) is 4.25. The van der Waals surface area contributed by atoms with Gasteiger partial charge in [-0.2, -0.15) is 0 Å². The zero-order chi connectivity index (χ0) is 13.1. The van der Waals surface area contributed by atoms with Crippen molar-refractivity contribution in [2.45, 2.75) is 33.3 Å². The van der Waals surface area contributed by atoms with Crippen molar-refractivity contribution in [3.8, 4) is 0 Å². The molecule has 1 rings (SSSR count). The second-order valence-electron chi connectivity index (χ2n) is 5.25. The van der Waals surface area contributed by atoms with E-state index >= 15 is 0 Å². The highest BCUT2D eigenvalue weighted by Gasteiger charge is 2.30. The lowest BCUT2D eigenvalue weighted by Gasteiger charge is -2.28. The van der Waals surface area contributed by atoms with Crippen molar-refractivity contribution in [1.29, 1.82) is 0 Å². The molecule has 3 heteroatoms. The summed E-state index contributed by atoms with van der Waals surface area (Å²) in [5.41, 5.74) is 0.841. The van der Waals surface area contributed by atoms with Crippen LogP contribution < -0.4 is 0 Å². The number of ether oxygens (including phenoxy) is 1. The Morgan fingerprint density at radius 2 is 2.06 bits per heavy atom. The van der Waals surface area contributed by atoms with Gasteiger partial charge in [0.15, 0.2) is 5.78 Å². The van der Waals surface area contributed by atoms with Gasteiger partial charge in [-0.3, -0.25) is 4.79 Å². The maximum atomic E-state index is 12.2. The van der Waals surface area contributed by atoms with Crippen LogP contribution in [0.15, 0.2) is 28.7 Å². The van der Waals surface area contributed by atoms with E-state index in [1.807, 2.05) is 45.0 Å². The van der Waals surface area contributed by atoms with Gasteiger partial charge in [-0.1, -0.05) is 48.8 Å². The Balaban J connectivity index is 2.78. The normalized spacial score (nSPS) is 13.5. The van der Waals surface area contributed by atoms with Gasteiger partial charge in [0.05, 0.1) is 0 Å². The summed E-state index contributed by atoms with van der Waals surface area (Å²) in [5.74, 6) is 0.123. The SMILES string of the molecule is COC(C(=O)Cc1cccc(Br)c1)C(C)(C)C. The van der Waals surface area contributed by atoms with Crippen molar-refractivity contribution in [2.75, 3.05) is 7.11 Å². The topological polar surface area (TPSA) is 26.3 Å². The van der Waals surface area contributed by atoms with E-state index in [0.29, 0.717) is 6.42 Å². The molecule has 0 heterocycles. The summed E-state index contributed by atoms with van der Waals surface area (Å²) in [6.07, 6.45) is 0.0522. The van der Waals surface area contributed by atoms with Crippen LogP contribution in [-0.4, -0.2) is 19.0 Å². The smallest absolute Gasteiger partial charge is 0.166 e. The number of benzene rings is 1. The highest BCUT2D eigenvalue weighted by Crippen LogP contribution is 2.24. The molecule has 94 valence electrons. The lowest BCUT2D eigenvalue weighted by atomic mass is 9.85. The number of halogens is 1. The Labute approximate surface area is 111 Å². The van der Waals surface area contributed by atoms with Crippen LogP contribution in [0.1, 0.15) is 26.3 Å². The van der Waals surface area contributed by atoms with Gasteiger partial charge >= 0.3 is 0 Å². The van der Waals surface area contributed by atoms with Crippen molar-refractivity contribution in [3.05, 3.63) is 34.3 Å². The number of rotatable bonds is 4. The molecule has 0 saturated heterocycles. The third-order valence-electron chi connectivity index (χ3n) is 2.58. The van der Waals surface area contributed by atoms with E-state index in [1.165, 1.54) is 0 Å². The number of Topliss-reactive ketones (excluding diaryl/α,β-unsaturated/α-hetero) is 1. The van der Waals surface area contributed by atoms with E-state index in [-0.39, 0.29) is 17.3 Å². The minimum Gasteiger partial charge on any atom is -0.373 e. The van der Waals surface area contributed by atoms with Crippen molar-refractivity contribution in [2.24, 2.45) is 5.41 Å². The predicted molar refractivity (Wildman–Crippen MR) is 73.1 cm³/mol. The fourth-order valence-corrected chi connectivity index (χ4v) is 2.36. The molecule has 0 aliphatic heterocycles. The van der Waals surface area contributed by atoms with Gasteiger partial charge in [0.1, 0.15) is 6.10 Å². The number of hydrogen-bond acceptors (Lipinski definition) is 2. The summed E-state index contributed by atoms with van der Waals surface area (Å²) < 4.78 is 6.31. The largest absolute Gasteiger partial charge is 0.373 e. The highest BCUT2D eigenvalue weighted by molar-refractivity contribution is 9.10. The standard InChI is InChI=1S/C14H19BrO2/c1-14(2,3)13(17-4)12(16)9-10-6-5-7-11(15)8-10/h5-8,13H,9H2,1-4H3. The molecule has 0 spiro atoms. The zero-order valence-corrected chi connectivity index (χ0v) is 12.4. The van der Waals surface area contributed by atoms with Crippen molar-refractivity contribution >= 4 is 21.7 Å². The molecular formula is C14H19BrO2. The molecule has 1 aromatic rings. The van der Waals surface area contributed by atoms with Gasteiger partial charge in [-0.25, -0.2) is 0 Å². The summed E-state index contributed by atoms with van der Waals surface area (Å²) >= 11 is 3.40. The Morgan fingerprint density at radius 1 is 1.41 bits per heavy atom. The molecule has 0 fully saturated rings. The molecule has 0 aliphatic rings. The van der Waals surface area contributed by atoms with E-state index in [2.05, 4.69) is 15.9 Å². The van der Waals surface area contributed by atoms with Crippen LogP contribution in [0, 0.1) is 5.41 Å². The quantitative estimate of drug-likeness (QED) is 0.848. The fourth-order valence-electron chi connectivity index (χ4n) is 1.91. The Kier molecular flexibility index (Phi) is 4.90. The van der Waals surface area contributed by atoms with Crippen LogP contribution in [0.25, 0.3) is 0 Å². The second-order valence-corrected chi connectivity index (χ2v) is 6.17. The van der Waals surface area contributed by atoms with E-state index in [9.17, 15) is 4.79 Å². The molecule has 1 unspecified atom stereocenters. The van der Waals surface area contributed by atoms with Crippen LogP contribution in [0.3, 0.4) is 0 Å². The number of carbonyl (C=O) groups is 1. The summed E-state index contributed by atoms with van der Waals surface area (Å²) in [5, 5.41) is 0. The second kappa shape index (κ2) is 5.78. The lowest BCUT2D eigenvalue weighted by molar-refractivity contribution is -0.134. The van der Waals surface area contributed by atoms with Crippen molar-refractivity contribution < 1.29 is 9.53 Å². The molecule has 1 atom stereocenters. The van der Waals surface area contributed by atoms with Gasteiger partial charge in [0.2, 0.25) is 0 Å². The van der Waals surface area contributed by atoms with E-state index in [1.54, 1.807) is 7.11 Å². The molecule has 0 saturated carbocycles. The van der Waals surface area contributed by atoms with Gasteiger partial charge in [0, 0.05) is 18.0 Å². The first kappa shape index (κ1) is 14.4. The molecule has 0 N–H and O–H groups in total. The summed E-state index contributed by atoms with van der Waals surface area (Å²) in [4.78, 5) is 12.2. The minimum atomic E-state index is -0.360. The van der Waals surface area contributed by atoms with E-state index < -0.39 is 0 Å². The Morgan fingerprint density at radius 3 is 2.53 bits per heavy atom. The fraction of sp³-hybridized carbons (Fsp3) is 0.500. The van der Waals surface area contributed by atoms with Crippen LogP contribution >= 0.6 is 15.9 Å². The number of ketones is 1. The highest BCUT2D eigenvalue weighted by atomic mass is 79.9. The first-order valence-corrected chi connectivity index (χ1v) is 6.44. The zero-order valence-electron chi connectivity index (χ0n) is 10.8. The van der Waals surface area contributed by atoms with Crippen LogP contribution in [0.4, 0.5) is 0 Å². The minimum absolute atomic E-state index is 0.123. The lowest BCUT2D eigenvalue weighted by Crippen LogP contribution is -2.37. The van der Waals surface area contributed by atoms with Crippen LogP contribution in [0.2, 0.25) is 0 Å². The monoisotopic (exact) mass is 298 g/mol. The Hall–Kier alpha value is -0.670. The summed E-state index contributed by atoms with van der Waals surface area (Å²) in [6.45, 7) is 6.04. The van der Waals surface area contributed by atoms with Gasteiger partial charge in [0.25, 0.3) is 0 Å². The van der Waals surface area contributed by atoms with E-state index in [4.69, 9.17) is 4.74 Å². The number of hydrogen-bond donors (Lipinski definition) is 0. The molecule has 0 aromatic heterocycles. The van der Waals surface area contributed by atoms with Crippen molar-refractivity contribution in [1.82, 2.24) is 0 Å². The molecule has 0 aliphatic carbocycles. The predicted octanol–water partition coefficient (Wildman–Crippen LogP) is 3.62. The first-order valence-electron chi connectivity index (χ1n) is 5.64. The van der Waals surface area contributed by atoms with Gasteiger partial charge in [-0.15, -0.1) is 0 Å². The van der Waals surface area contributed by atoms with Gasteiger partial charge in [-0.05, 0) is 23.1 Å². The molecule has 2 nitrogen and oxygen atoms in total. The number of carbonyl (C=O) groups excluding carboxylic acids is 1. The Bertz CT molecular complexity index is 393. The third-order valence-corrected chi connectivity index (χ3v) is 3.08.